The summed E-state index contributed by atoms with van der Waals surface area (Å²) in [5.41, 5.74) is 1.87. The van der Waals surface area contributed by atoms with Crippen LogP contribution in [0, 0.1) is 25.2 Å². The van der Waals surface area contributed by atoms with Gasteiger partial charge >= 0.3 is 0 Å². The number of aromatic nitrogens is 1. The summed E-state index contributed by atoms with van der Waals surface area (Å²) in [6, 6.07) is 0.0989. The van der Waals surface area contributed by atoms with Crippen molar-refractivity contribution < 1.29 is 9.32 Å². The highest BCUT2D eigenvalue weighted by atomic mass is 16.5. The lowest BCUT2D eigenvalue weighted by Crippen LogP contribution is -2.50. The van der Waals surface area contributed by atoms with Crippen LogP contribution in [0.2, 0.25) is 0 Å². The van der Waals surface area contributed by atoms with Gasteiger partial charge in [-0.05, 0) is 52.5 Å². The maximum Gasteiger partial charge on any atom is 0.228 e. The topological polar surface area (TPSA) is 67.2 Å². The van der Waals surface area contributed by atoms with E-state index < -0.39 is 0 Å². The fourth-order valence-electron chi connectivity index (χ4n) is 4.21. The number of amides is 1. The van der Waals surface area contributed by atoms with E-state index in [9.17, 15) is 4.79 Å². The summed E-state index contributed by atoms with van der Waals surface area (Å²) in [6.07, 6.45) is 5.41. The van der Waals surface area contributed by atoms with Crippen LogP contribution in [0.5, 0.6) is 0 Å². The predicted molar refractivity (Wildman–Crippen MR) is 84.5 cm³/mol. The number of aryl methyl sites for hydroxylation is 2. The normalized spacial score (nSPS) is 29.1. The zero-order chi connectivity index (χ0) is 15.7. The first-order chi connectivity index (χ1) is 10.5. The van der Waals surface area contributed by atoms with Crippen molar-refractivity contribution in [3.8, 4) is 0 Å². The van der Waals surface area contributed by atoms with E-state index in [1.54, 1.807) is 0 Å². The Balaban J connectivity index is 1.66. The number of carbonyl (C=O) groups excluding carboxylic acids is 1. The standard InChI is InChI=1S/C17H27N3O2/c1-11(8-15-12(2)20-22-13(15)3)19-16(21)17-7-5-4-6-14(17)9-18-10-17/h11,14,18H,4-10H2,1-3H3,(H,19,21)/t11?,14-,17+/m0/s1. The van der Waals surface area contributed by atoms with Gasteiger partial charge in [-0.2, -0.15) is 0 Å². The molecule has 0 radical (unpaired) electrons. The van der Waals surface area contributed by atoms with Gasteiger partial charge < -0.3 is 15.2 Å². The summed E-state index contributed by atoms with van der Waals surface area (Å²) < 4.78 is 5.21. The van der Waals surface area contributed by atoms with E-state index in [1.165, 1.54) is 19.3 Å². The molecule has 1 aliphatic heterocycles. The van der Waals surface area contributed by atoms with Crippen LogP contribution in [-0.4, -0.2) is 30.2 Å². The number of hydrogen-bond acceptors (Lipinski definition) is 4. The maximum absolute atomic E-state index is 12.9. The second-order valence-electron chi connectivity index (χ2n) is 7.11. The molecule has 1 saturated heterocycles. The zero-order valence-corrected chi connectivity index (χ0v) is 13.9. The Morgan fingerprint density at radius 3 is 3.05 bits per heavy atom. The number of rotatable bonds is 4. The molecule has 0 spiro atoms. The molecule has 1 saturated carbocycles. The molecule has 0 bridgehead atoms. The van der Waals surface area contributed by atoms with Gasteiger partial charge in [0.05, 0.1) is 11.1 Å². The molecule has 2 N–H and O–H groups in total. The van der Waals surface area contributed by atoms with Gasteiger partial charge in [0.25, 0.3) is 0 Å². The van der Waals surface area contributed by atoms with Gasteiger partial charge in [-0.1, -0.05) is 18.0 Å². The van der Waals surface area contributed by atoms with Gasteiger partial charge in [-0.3, -0.25) is 4.79 Å². The lowest BCUT2D eigenvalue weighted by Gasteiger charge is -2.38. The van der Waals surface area contributed by atoms with Crippen LogP contribution < -0.4 is 10.6 Å². The van der Waals surface area contributed by atoms with Crippen molar-refractivity contribution in [2.24, 2.45) is 11.3 Å². The Morgan fingerprint density at radius 1 is 1.50 bits per heavy atom. The maximum atomic E-state index is 12.9. The molecule has 22 heavy (non-hydrogen) atoms. The quantitative estimate of drug-likeness (QED) is 0.894. The summed E-state index contributed by atoms with van der Waals surface area (Å²) >= 11 is 0. The lowest BCUT2D eigenvalue weighted by atomic mass is 9.67. The van der Waals surface area contributed by atoms with E-state index in [1.807, 2.05) is 13.8 Å². The Bertz CT molecular complexity index is 535. The minimum absolute atomic E-state index is 0.0989. The fourth-order valence-corrected chi connectivity index (χ4v) is 4.21. The molecule has 1 aliphatic carbocycles. The van der Waals surface area contributed by atoms with Crippen LogP contribution in [0.3, 0.4) is 0 Å². The van der Waals surface area contributed by atoms with Crippen LogP contribution in [0.4, 0.5) is 0 Å². The van der Waals surface area contributed by atoms with Crippen molar-refractivity contribution in [1.29, 1.82) is 0 Å². The third-order valence-corrected chi connectivity index (χ3v) is 5.56. The molecule has 5 nitrogen and oxygen atoms in total. The minimum Gasteiger partial charge on any atom is -0.361 e. The predicted octanol–water partition coefficient (Wildman–Crippen LogP) is 2.12. The first-order valence-corrected chi connectivity index (χ1v) is 8.46. The average Bonchev–Trinajstić information content (AvgIpc) is 3.06. The van der Waals surface area contributed by atoms with Crippen molar-refractivity contribution in [3.05, 3.63) is 17.0 Å². The summed E-state index contributed by atoms with van der Waals surface area (Å²) in [6.45, 7) is 7.78. The molecule has 2 fully saturated rings. The fraction of sp³-hybridized carbons (Fsp3) is 0.765. The molecular weight excluding hydrogens is 278 g/mol. The number of fused-ring (bicyclic) bond motifs is 1. The second-order valence-corrected chi connectivity index (χ2v) is 7.11. The molecule has 0 aromatic carbocycles. The average molecular weight is 305 g/mol. The third kappa shape index (κ3) is 2.67. The molecule has 122 valence electrons. The molecule has 5 heteroatoms. The number of carbonyl (C=O) groups is 1. The van der Waals surface area contributed by atoms with Gasteiger partial charge in [-0.15, -0.1) is 0 Å². The van der Waals surface area contributed by atoms with E-state index in [-0.39, 0.29) is 17.4 Å². The van der Waals surface area contributed by atoms with E-state index >= 15 is 0 Å². The summed E-state index contributed by atoms with van der Waals surface area (Å²) in [5, 5.41) is 10.7. The van der Waals surface area contributed by atoms with E-state index in [0.29, 0.717) is 5.92 Å². The molecule has 1 aromatic heterocycles. The van der Waals surface area contributed by atoms with Crippen LogP contribution in [0.15, 0.2) is 4.52 Å². The highest BCUT2D eigenvalue weighted by Gasteiger charge is 2.49. The molecule has 2 heterocycles. The highest BCUT2D eigenvalue weighted by Crippen LogP contribution is 2.44. The molecule has 3 rings (SSSR count). The Morgan fingerprint density at radius 2 is 2.32 bits per heavy atom. The summed E-state index contributed by atoms with van der Waals surface area (Å²) in [4.78, 5) is 12.9. The van der Waals surface area contributed by atoms with Crippen molar-refractivity contribution in [1.82, 2.24) is 15.8 Å². The summed E-state index contributed by atoms with van der Waals surface area (Å²) in [5.74, 6) is 1.60. The minimum atomic E-state index is -0.175. The Kier molecular flexibility index (Phi) is 4.26. The monoisotopic (exact) mass is 305 g/mol. The first-order valence-electron chi connectivity index (χ1n) is 8.46. The third-order valence-electron chi connectivity index (χ3n) is 5.56. The van der Waals surface area contributed by atoms with Crippen LogP contribution in [-0.2, 0) is 11.2 Å². The van der Waals surface area contributed by atoms with Crippen LogP contribution >= 0.6 is 0 Å². The number of nitrogens with zero attached hydrogens (tertiary/aromatic N) is 1. The molecule has 1 amide bonds. The van der Waals surface area contributed by atoms with Gasteiger partial charge in [-0.25, -0.2) is 0 Å². The van der Waals surface area contributed by atoms with E-state index in [4.69, 9.17) is 4.52 Å². The van der Waals surface area contributed by atoms with Crippen LogP contribution in [0.25, 0.3) is 0 Å². The largest absolute Gasteiger partial charge is 0.361 e. The van der Waals surface area contributed by atoms with Gasteiger partial charge in [0.1, 0.15) is 5.76 Å². The highest BCUT2D eigenvalue weighted by molar-refractivity contribution is 5.84. The molecule has 1 aromatic rings. The lowest BCUT2D eigenvalue weighted by molar-refractivity contribution is -0.134. The number of hydrogen-bond donors (Lipinski definition) is 2. The first kappa shape index (κ1) is 15.5. The molecule has 2 aliphatic rings. The number of nitrogens with one attached hydrogen (secondary N) is 2. The van der Waals surface area contributed by atoms with Gasteiger partial charge in [0, 0.05) is 18.2 Å². The Hall–Kier alpha value is -1.36. The molecular formula is C17H27N3O2. The van der Waals surface area contributed by atoms with Crippen molar-refractivity contribution in [2.75, 3.05) is 13.1 Å². The van der Waals surface area contributed by atoms with E-state index in [0.717, 1.165) is 42.9 Å². The Labute approximate surface area is 132 Å². The van der Waals surface area contributed by atoms with Crippen molar-refractivity contribution in [3.63, 3.8) is 0 Å². The SMILES string of the molecule is Cc1noc(C)c1CC(C)NC(=O)[C@@]12CCCC[C@H]1CNC2. The van der Waals surface area contributed by atoms with E-state index in [2.05, 4.69) is 22.7 Å². The zero-order valence-electron chi connectivity index (χ0n) is 13.9. The molecule has 1 unspecified atom stereocenters. The molecule has 3 atom stereocenters. The van der Waals surface area contributed by atoms with Gasteiger partial charge in [0.2, 0.25) is 5.91 Å². The second kappa shape index (κ2) is 6.03. The van der Waals surface area contributed by atoms with Crippen LogP contribution in [0.1, 0.15) is 49.6 Å². The smallest absolute Gasteiger partial charge is 0.228 e. The van der Waals surface area contributed by atoms with Crippen molar-refractivity contribution >= 4 is 5.91 Å². The van der Waals surface area contributed by atoms with Gasteiger partial charge in [0.15, 0.2) is 0 Å². The summed E-state index contributed by atoms with van der Waals surface area (Å²) in [7, 11) is 0. The van der Waals surface area contributed by atoms with Crippen molar-refractivity contribution in [2.45, 2.75) is 58.9 Å².